The van der Waals surface area contributed by atoms with E-state index in [9.17, 15) is 9.18 Å². The first-order chi connectivity index (χ1) is 8.90. The van der Waals surface area contributed by atoms with Gasteiger partial charge in [-0.3, -0.25) is 4.57 Å². The fourth-order valence-corrected chi connectivity index (χ4v) is 3.06. The maximum absolute atomic E-state index is 13.6. The van der Waals surface area contributed by atoms with Gasteiger partial charge in [0.15, 0.2) is 5.16 Å². The molecule has 5 nitrogen and oxygen atoms in total. The van der Waals surface area contributed by atoms with Crippen molar-refractivity contribution in [1.29, 1.82) is 0 Å². The molecule has 2 aromatic rings. The molecular formula is C11H12FIN4OS. The molecule has 0 aliphatic carbocycles. The molecule has 0 saturated carbocycles. The molecule has 19 heavy (non-hydrogen) atoms. The molecule has 0 atom stereocenters. The Balaban J connectivity index is 2.42. The number of nitrogens with two attached hydrogens (primary N) is 1. The van der Waals surface area contributed by atoms with Crippen LogP contribution in [0.2, 0.25) is 0 Å². The number of nitrogens with zero attached hydrogens (tertiary/aromatic N) is 2. The van der Waals surface area contributed by atoms with Gasteiger partial charge in [0.05, 0.1) is 3.57 Å². The fourth-order valence-electron chi connectivity index (χ4n) is 1.55. The summed E-state index contributed by atoms with van der Waals surface area (Å²) in [4.78, 5) is 12.1. The molecular weight excluding hydrogens is 382 g/mol. The first-order valence-corrected chi connectivity index (χ1v) is 7.39. The van der Waals surface area contributed by atoms with E-state index >= 15 is 0 Å². The average Bonchev–Trinajstić information content (AvgIpc) is 2.67. The normalized spacial score (nSPS) is 11.2. The van der Waals surface area contributed by atoms with Crippen molar-refractivity contribution >= 4 is 40.0 Å². The molecule has 3 N–H and O–H groups in total. The van der Waals surface area contributed by atoms with E-state index in [0.717, 1.165) is 0 Å². The van der Waals surface area contributed by atoms with Crippen LogP contribution < -0.4 is 11.4 Å². The van der Waals surface area contributed by atoms with Gasteiger partial charge in [-0.2, -0.15) is 0 Å². The summed E-state index contributed by atoms with van der Waals surface area (Å²) in [5, 5.41) is 6.78. The topological polar surface area (TPSA) is 76.7 Å². The van der Waals surface area contributed by atoms with Crippen molar-refractivity contribution in [2.45, 2.75) is 29.9 Å². The van der Waals surface area contributed by atoms with Crippen LogP contribution in [0.5, 0.6) is 0 Å². The second kappa shape index (κ2) is 5.53. The highest BCUT2D eigenvalue weighted by Crippen LogP contribution is 2.33. The largest absolute Gasteiger partial charge is 0.398 e. The molecule has 1 heterocycles. The Kier molecular flexibility index (Phi) is 4.19. The van der Waals surface area contributed by atoms with Gasteiger partial charge in [-0.15, -0.1) is 5.10 Å². The molecule has 2 rings (SSSR count). The molecule has 0 radical (unpaired) electrons. The Morgan fingerprint density at radius 3 is 2.84 bits per heavy atom. The van der Waals surface area contributed by atoms with Crippen LogP contribution in [-0.4, -0.2) is 14.8 Å². The molecule has 0 bridgehead atoms. The molecule has 1 aromatic heterocycles. The first-order valence-electron chi connectivity index (χ1n) is 5.49. The second-order valence-corrected chi connectivity index (χ2v) is 6.35. The van der Waals surface area contributed by atoms with Gasteiger partial charge < -0.3 is 5.73 Å². The monoisotopic (exact) mass is 394 g/mol. The van der Waals surface area contributed by atoms with E-state index in [1.54, 1.807) is 6.07 Å². The Morgan fingerprint density at radius 2 is 2.21 bits per heavy atom. The number of nitrogen functional groups attached to an aromatic ring is 1. The second-order valence-electron chi connectivity index (χ2n) is 4.18. The molecule has 0 unspecified atom stereocenters. The predicted molar refractivity (Wildman–Crippen MR) is 80.9 cm³/mol. The average molecular weight is 394 g/mol. The molecule has 1 aromatic carbocycles. The minimum Gasteiger partial charge on any atom is -0.398 e. The van der Waals surface area contributed by atoms with E-state index in [1.807, 2.05) is 36.4 Å². The number of halogens is 2. The standard InChI is InChI=1S/C11H12FIN4OS/c1-5(2)17-10(18)15-16-11(17)19-9-3-6(12)7(13)4-8(9)14/h3-5H,14H2,1-2H3,(H,15,18). The third-order valence-corrected chi connectivity index (χ3v) is 4.31. The summed E-state index contributed by atoms with van der Waals surface area (Å²) in [6.45, 7) is 3.75. The van der Waals surface area contributed by atoms with Crippen molar-refractivity contribution in [2.24, 2.45) is 0 Å². The summed E-state index contributed by atoms with van der Waals surface area (Å²) < 4.78 is 15.5. The van der Waals surface area contributed by atoms with Crippen molar-refractivity contribution in [3.8, 4) is 0 Å². The van der Waals surface area contributed by atoms with Crippen molar-refractivity contribution in [2.75, 3.05) is 5.73 Å². The lowest BCUT2D eigenvalue weighted by atomic mass is 10.3. The SMILES string of the molecule is CC(C)n1c(Sc2cc(F)c(I)cc2N)n[nH]c1=O. The van der Waals surface area contributed by atoms with Gasteiger partial charge in [-0.25, -0.2) is 14.3 Å². The minimum absolute atomic E-state index is 0.0383. The van der Waals surface area contributed by atoms with E-state index in [0.29, 0.717) is 19.3 Å². The summed E-state index contributed by atoms with van der Waals surface area (Å²) in [5.41, 5.74) is 6.02. The number of rotatable bonds is 3. The van der Waals surface area contributed by atoms with Gasteiger partial charge in [0.2, 0.25) is 0 Å². The van der Waals surface area contributed by atoms with Crippen LogP contribution >= 0.6 is 34.4 Å². The predicted octanol–water partition coefficient (Wildman–Crippen LogP) is 2.63. The Labute approximate surface area is 126 Å². The molecule has 0 aliphatic rings. The number of aromatic amines is 1. The minimum atomic E-state index is -0.341. The quantitative estimate of drug-likeness (QED) is 0.620. The highest BCUT2D eigenvalue weighted by molar-refractivity contribution is 14.1. The van der Waals surface area contributed by atoms with E-state index in [4.69, 9.17) is 5.73 Å². The Bertz CT molecular complexity index is 667. The number of nitrogens with one attached hydrogen (secondary N) is 1. The van der Waals surface area contributed by atoms with Crippen LogP contribution in [0.25, 0.3) is 0 Å². The molecule has 102 valence electrons. The number of H-pyrrole nitrogens is 1. The maximum Gasteiger partial charge on any atom is 0.344 e. The maximum atomic E-state index is 13.6. The molecule has 0 fully saturated rings. The van der Waals surface area contributed by atoms with Gasteiger partial charge in [-0.05, 0) is 60.3 Å². The van der Waals surface area contributed by atoms with Gasteiger partial charge in [-0.1, -0.05) is 0 Å². The van der Waals surface area contributed by atoms with Gasteiger partial charge in [0.1, 0.15) is 5.82 Å². The first kappa shape index (κ1) is 14.4. The Hall–Kier alpha value is -1.03. The third kappa shape index (κ3) is 2.94. The van der Waals surface area contributed by atoms with Crippen LogP contribution in [-0.2, 0) is 0 Å². The smallest absolute Gasteiger partial charge is 0.344 e. The van der Waals surface area contributed by atoms with Crippen LogP contribution in [0.1, 0.15) is 19.9 Å². The number of benzene rings is 1. The number of hydrogen-bond acceptors (Lipinski definition) is 4. The van der Waals surface area contributed by atoms with E-state index in [2.05, 4.69) is 10.2 Å². The van der Waals surface area contributed by atoms with Gasteiger partial charge >= 0.3 is 5.69 Å². The van der Waals surface area contributed by atoms with E-state index in [-0.39, 0.29) is 17.5 Å². The summed E-state index contributed by atoms with van der Waals surface area (Å²) in [6, 6.07) is 2.87. The number of hydrogen-bond donors (Lipinski definition) is 2. The molecule has 0 amide bonds. The summed E-state index contributed by atoms with van der Waals surface area (Å²) in [6.07, 6.45) is 0. The molecule has 0 saturated heterocycles. The zero-order valence-corrected chi connectivity index (χ0v) is 13.3. The van der Waals surface area contributed by atoms with Crippen molar-refractivity contribution in [1.82, 2.24) is 14.8 Å². The zero-order valence-electron chi connectivity index (χ0n) is 10.3. The highest BCUT2D eigenvalue weighted by Gasteiger charge is 2.15. The van der Waals surface area contributed by atoms with Gasteiger partial charge in [0, 0.05) is 16.6 Å². The van der Waals surface area contributed by atoms with E-state index < -0.39 is 0 Å². The van der Waals surface area contributed by atoms with E-state index in [1.165, 1.54) is 22.4 Å². The molecule has 0 spiro atoms. The molecule has 8 heteroatoms. The Morgan fingerprint density at radius 1 is 1.53 bits per heavy atom. The van der Waals surface area contributed by atoms with Crippen LogP contribution in [0.15, 0.2) is 27.0 Å². The molecule has 0 aliphatic heterocycles. The lowest BCUT2D eigenvalue weighted by Gasteiger charge is -2.10. The van der Waals surface area contributed by atoms with Crippen LogP contribution in [0.4, 0.5) is 10.1 Å². The van der Waals surface area contributed by atoms with Crippen molar-refractivity contribution in [3.63, 3.8) is 0 Å². The van der Waals surface area contributed by atoms with Crippen molar-refractivity contribution < 1.29 is 4.39 Å². The summed E-state index contributed by atoms with van der Waals surface area (Å²) in [5.74, 6) is -0.341. The third-order valence-electron chi connectivity index (χ3n) is 2.44. The number of aromatic nitrogens is 3. The lowest BCUT2D eigenvalue weighted by molar-refractivity contribution is 0.534. The zero-order chi connectivity index (χ0) is 14.2. The van der Waals surface area contributed by atoms with Crippen LogP contribution in [0, 0.1) is 9.39 Å². The van der Waals surface area contributed by atoms with Crippen LogP contribution in [0.3, 0.4) is 0 Å². The highest BCUT2D eigenvalue weighted by atomic mass is 127. The summed E-state index contributed by atoms with van der Waals surface area (Å²) >= 11 is 3.04. The summed E-state index contributed by atoms with van der Waals surface area (Å²) in [7, 11) is 0. The fraction of sp³-hybridized carbons (Fsp3) is 0.273. The van der Waals surface area contributed by atoms with Crippen molar-refractivity contribution in [3.05, 3.63) is 32.0 Å². The lowest BCUT2D eigenvalue weighted by Crippen LogP contribution is -2.19. The number of anilines is 1. The van der Waals surface area contributed by atoms with Gasteiger partial charge in [0.25, 0.3) is 0 Å².